The van der Waals surface area contributed by atoms with E-state index >= 15 is 0 Å². The number of thiophene rings is 1. The van der Waals surface area contributed by atoms with Gasteiger partial charge in [-0.05, 0) is 61.7 Å². The number of hydrogen-bond acceptors (Lipinski definition) is 7. The van der Waals surface area contributed by atoms with Crippen molar-refractivity contribution in [2.45, 2.75) is 19.0 Å². The molecule has 4 rings (SSSR count). The maximum Gasteiger partial charge on any atom is 0.234 e. The van der Waals surface area contributed by atoms with Crippen LogP contribution in [0.15, 0.2) is 71.2 Å². The van der Waals surface area contributed by atoms with E-state index < -0.39 is 0 Å². The minimum absolute atomic E-state index is 0.147. The Labute approximate surface area is 200 Å². The highest BCUT2D eigenvalue weighted by Crippen LogP contribution is 2.31. The molecule has 1 amide bonds. The first kappa shape index (κ1) is 22.9. The van der Waals surface area contributed by atoms with E-state index in [4.69, 9.17) is 9.47 Å². The van der Waals surface area contributed by atoms with Crippen molar-refractivity contribution in [2.75, 3.05) is 24.3 Å². The Balaban J connectivity index is 1.55. The zero-order valence-electron chi connectivity index (χ0n) is 18.4. The number of para-hydroxylation sites is 2. The summed E-state index contributed by atoms with van der Waals surface area (Å²) in [6, 6.07) is 19.2. The first-order valence-electron chi connectivity index (χ1n) is 10.6. The molecule has 0 aliphatic rings. The second-order valence-corrected chi connectivity index (χ2v) is 8.70. The van der Waals surface area contributed by atoms with Gasteiger partial charge < -0.3 is 14.8 Å². The van der Waals surface area contributed by atoms with E-state index in [0.29, 0.717) is 29.8 Å². The SMILES string of the molecule is CCOc1ccc(-n2c(SCC(=O)Nc3ccccc3OCC)nnc2-c2cccs2)cc1. The minimum Gasteiger partial charge on any atom is -0.494 e. The molecule has 0 fully saturated rings. The number of anilines is 1. The van der Waals surface area contributed by atoms with Gasteiger partial charge >= 0.3 is 0 Å². The summed E-state index contributed by atoms with van der Waals surface area (Å²) >= 11 is 2.92. The number of carbonyl (C=O) groups excluding carboxylic acids is 1. The van der Waals surface area contributed by atoms with Crippen molar-refractivity contribution in [3.05, 3.63) is 66.0 Å². The van der Waals surface area contributed by atoms with Crippen LogP contribution in [-0.2, 0) is 4.79 Å². The van der Waals surface area contributed by atoms with Crippen LogP contribution < -0.4 is 14.8 Å². The third kappa shape index (κ3) is 5.55. The van der Waals surface area contributed by atoms with E-state index in [9.17, 15) is 4.79 Å². The van der Waals surface area contributed by atoms with E-state index in [1.165, 1.54) is 11.8 Å². The number of amides is 1. The molecule has 0 spiro atoms. The molecule has 170 valence electrons. The second kappa shape index (κ2) is 11.0. The number of nitrogens with zero attached hydrogens (tertiary/aromatic N) is 3. The quantitative estimate of drug-likeness (QED) is 0.301. The normalized spacial score (nSPS) is 10.7. The highest BCUT2D eigenvalue weighted by atomic mass is 32.2. The first-order chi connectivity index (χ1) is 16.2. The fourth-order valence-corrected chi connectivity index (χ4v) is 4.64. The van der Waals surface area contributed by atoms with Gasteiger partial charge in [0.25, 0.3) is 0 Å². The summed E-state index contributed by atoms with van der Waals surface area (Å²) in [6.07, 6.45) is 0. The van der Waals surface area contributed by atoms with Gasteiger partial charge in [0.15, 0.2) is 11.0 Å². The number of thioether (sulfide) groups is 1. The van der Waals surface area contributed by atoms with Gasteiger partial charge in [-0.2, -0.15) is 0 Å². The molecule has 0 saturated carbocycles. The Hall–Kier alpha value is -3.30. The van der Waals surface area contributed by atoms with E-state index in [2.05, 4.69) is 15.5 Å². The summed E-state index contributed by atoms with van der Waals surface area (Å²) in [5.41, 5.74) is 1.55. The maximum atomic E-state index is 12.7. The highest BCUT2D eigenvalue weighted by molar-refractivity contribution is 7.99. The van der Waals surface area contributed by atoms with E-state index in [-0.39, 0.29) is 11.7 Å². The molecule has 0 saturated heterocycles. The molecule has 4 aromatic rings. The van der Waals surface area contributed by atoms with Crippen molar-refractivity contribution in [3.8, 4) is 27.9 Å². The van der Waals surface area contributed by atoms with Gasteiger partial charge in [-0.25, -0.2) is 0 Å². The predicted octanol–water partition coefficient (Wildman–Crippen LogP) is 5.52. The van der Waals surface area contributed by atoms with Gasteiger partial charge in [0, 0.05) is 0 Å². The van der Waals surface area contributed by atoms with E-state index in [1.807, 2.05) is 84.5 Å². The van der Waals surface area contributed by atoms with Crippen LogP contribution in [0.1, 0.15) is 13.8 Å². The zero-order chi connectivity index (χ0) is 23.0. The monoisotopic (exact) mass is 480 g/mol. The Morgan fingerprint density at radius 1 is 1.00 bits per heavy atom. The average Bonchev–Trinajstić information content (AvgIpc) is 3.50. The summed E-state index contributed by atoms with van der Waals surface area (Å²) in [5.74, 6) is 2.22. The summed E-state index contributed by atoms with van der Waals surface area (Å²) in [5, 5.41) is 14.4. The molecule has 33 heavy (non-hydrogen) atoms. The Morgan fingerprint density at radius 2 is 1.79 bits per heavy atom. The fourth-order valence-electron chi connectivity index (χ4n) is 3.19. The molecule has 0 bridgehead atoms. The van der Waals surface area contributed by atoms with Crippen LogP contribution in [-0.4, -0.2) is 39.6 Å². The number of hydrogen-bond donors (Lipinski definition) is 1. The van der Waals surface area contributed by atoms with E-state index in [1.54, 1.807) is 11.3 Å². The van der Waals surface area contributed by atoms with Crippen LogP contribution in [0, 0.1) is 0 Å². The molecule has 0 aliphatic carbocycles. The molecule has 0 unspecified atom stereocenters. The maximum absolute atomic E-state index is 12.7. The lowest BCUT2D eigenvalue weighted by Crippen LogP contribution is -2.15. The summed E-state index contributed by atoms with van der Waals surface area (Å²) in [7, 11) is 0. The lowest BCUT2D eigenvalue weighted by Gasteiger charge is -2.12. The lowest BCUT2D eigenvalue weighted by molar-refractivity contribution is -0.113. The van der Waals surface area contributed by atoms with E-state index in [0.717, 1.165) is 22.1 Å². The topological polar surface area (TPSA) is 78.3 Å². The molecular formula is C24H24N4O3S2. The molecular weight excluding hydrogens is 456 g/mol. The standard InChI is InChI=1S/C24H24N4O3S2/c1-3-30-18-13-11-17(12-14-18)28-23(21-10-7-15-32-21)26-27-24(28)33-16-22(29)25-19-8-5-6-9-20(19)31-4-2/h5-15H,3-4,16H2,1-2H3,(H,25,29). The molecule has 7 nitrogen and oxygen atoms in total. The number of carbonyl (C=O) groups is 1. The zero-order valence-corrected chi connectivity index (χ0v) is 20.0. The molecule has 0 radical (unpaired) electrons. The molecule has 2 aromatic heterocycles. The van der Waals surface area contributed by atoms with Crippen molar-refractivity contribution in [1.82, 2.24) is 14.8 Å². The second-order valence-electron chi connectivity index (χ2n) is 6.81. The largest absolute Gasteiger partial charge is 0.494 e. The number of benzene rings is 2. The van der Waals surface area contributed by atoms with Crippen LogP contribution in [0.3, 0.4) is 0 Å². The van der Waals surface area contributed by atoms with Gasteiger partial charge in [0.05, 0.1) is 35.2 Å². The van der Waals surface area contributed by atoms with Crippen LogP contribution in [0.2, 0.25) is 0 Å². The van der Waals surface area contributed by atoms with Crippen molar-refractivity contribution in [3.63, 3.8) is 0 Å². The number of rotatable bonds is 10. The third-order valence-corrected chi connectivity index (χ3v) is 6.37. The number of nitrogens with one attached hydrogen (secondary N) is 1. The predicted molar refractivity (Wildman–Crippen MR) is 133 cm³/mol. The molecule has 0 aliphatic heterocycles. The van der Waals surface area contributed by atoms with Crippen molar-refractivity contribution in [1.29, 1.82) is 0 Å². The number of aromatic nitrogens is 3. The minimum atomic E-state index is -0.147. The fraction of sp³-hybridized carbons (Fsp3) is 0.208. The molecule has 2 heterocycles. The Morgan fingerprint density at radius 3 is 2.52 bits per heavy atom. The average molecular weight is 481 g/mol. The Bertz CT molecular complexity index is 1190. The summed E-state index contributed by atoms with van der Waals surface area (Å²) in [4.78, 5) is 13.7. The summed E-state index contributed by atoms with van der Waals surface area (Å²) in [6.45, 7) is 5.00. The lowest BCUT2D eigenvalue weighted by atomic mass is 10.3. The molecule has 1 N–H and O–H groups in total. The van der Waals surface area contributed by atoms with Gasteiger partial charge in [-0.3, -0.25) is 9.36 Å². The van der Waals surface area contributed by atoms with Gasteiger partial charge in [0.2, 0.25) is 5.91 Å². The Kier molecular flexibility index (Phi) is 7.64. The van der Waals surface area contributed by atoms with Crippen LogP contribution >= 0.6 is 23.1 Å². The molecule has 2 aromatic carbocycles. The molecule has 9 heteroatoms. The van der Waals surface area contributed by atoms with Gasteiger partial charge in [0.1, 0.15) is 11.5 Å². The van der Waals surface area contributed by atoms with Crippen molar-refractivity contribution in [2.24, 2.45) is 0 Å². The van der Waals surface area contributed by atoms with Crippen LogP contribution in [0.4, 0.5) is 5.69 Å². The molecule has 0 atom stereocenters. The van der Waals surface area contributed by atoms with Crippen molar-refractivity contribution >= 4 is 34.7 Å². The third-order valence-electron chi connectivity index (χ3n) is 4.57. The first-order valence-corrected chi connectivity index (χ1v) is 12.4. The summed E-state index contributed by atoms with van der Waals surface area (Å²) < 4.78 is 13.1. The number of ether oxygens (including phenoxy) is 2. The van der Waals surface area contributed by atoms with Crippen molar-refractivity contribution < 1.29 is 14.3 Å². The highest BCUT2D eigenvalue weighted by Gasteiger charge is 2.18. The smallest absolute Gasteiger partial charge is 0.234 e. The van der Waals surface area contributed by atoms with Crippen LogP contribution in [0.25, 0.3) is 16.4 Å². The van der Waals surface area contributed by atoms with Gasteiger partial charge in [-0.15, -0.1) is 21.5 Å². The van der Waals surface area contributed by atoms with Gasteiger partial charge in [-0.1, -0.05) is 30.0 Å². The van der Waals surface area contributed by atoms with Crippen LogP contribution in [0.5, 0.6) is 11.5 Å².